The smallest absolute Gasteiger partial charge is 0.349 e. The molecule has 2 aliphatic heterocycles. The largest absolute Gasteiger partial charge is 0.493 e. The monoisotopic (exact) mass is 872 g/mol. The Bertz CT molecular complexity index is 2440. The van der Waals surface area contributed by atoms with Crippen molar-refractivity contribution in [1.29, 1.82) is 10.5 Å². The fourth-order valence-electron chi connectivity index (χ4n) is 6.39. The minimum Gasteiger partial charge on any atom is -0.493 e. The Balaban J connectivity index is 1.04. The van der Waals surface area contributed by atoms with Crippen molar-refractivity contribution in [1.82, 2.24) is 0 Å². The number of nitriles is 2. The maximum atomic E-state index is 13.2. The van der Waals surface area contributed by atoms with Gasteiger partial charge in [-0.05, 0) is 96.1 Å². The highest BCUT2D eigenvalue weighted by Gasteiger charge is 2.51. The van der Waals surface area contributed by atoms with E-state index >= 15 is 0 Å². The molecule has 4 aromatic rings. The molecule has 2 saturated heterocycles. The lowest BCUT2D eigenvalue weighted by atomic mass is 10.1. The van der Waals surface area contributed by atoms with Crippen LogP contribution < -0.4 is 18.9 Å². The molecule has 2 fully saturated rings. The molecule has 2 heterocycles. The summed E-state index contributed by atoms with van der Waals surface area (Å²) in [5.41, 5.74) is 0.683. The predicted molar refractivity (Wildman–Crippen MR) is 218 cm³/mol. The number of ether oxygens (including phenoxy) is 10. The molecule has 18 heteroatoms. The minimum absolute atomic E-state index is 0.0426. The van der Waals surface area contributed by atoms with Gasteiger partial charge in [0, 0.05) is 0 Å². The van der Waals surface area contributed by atoms with E-state index in [0.29, 0.717) is 11.1 Å². The molecule has 0 radical (unpaired) electrons. The van der Waals surface area contributed by atoms with Crippen LogP contribution in [-0.2, 0) is 38.0 Å². The van der Waals surface area contributed by atoms with Crippen LogP contribution in [0.4, 0.5) is 0 Å². The molecule has 0 aromatic heterocycles. The van der Waals surface area contributed by atoms with Crippen LogP contribution in [0.1, 0.15) is 52.6 Å². The molecule has 0 N–H and O–H groups in total. The first-order valence-electron chi connectivity index (χ1n) is 19.0. The van der Waals surface area contributed by atoms with Gasteiger partial charge in [0.05, 0.1) is 63.9 Å². The van der Waals surface area contributed by atoms with E-state index < -0.39 is 60.2 Å². The highest BCUT2D eigenvalue weighted by molar-refractivity contribution is 5.99. The van der Waals surface area contributed by atoms with Crippen molar-refractivity contribution < 1.29 is 76.1 Å². The number of fused-ring (bicyclic) bond motifs is 1. The molecular weight excluding hydrogens is 837 g/mol. The summed E-state index contributed by atoms with van der Waals surface area (Å²) < 4.78 is 53.7. The predicted octanol–water partition coefficient (Wildman–Crippen LogP) is 4.85. The second-order valence-electron chi connectivity index (χ2n) is 13.6. The van der Waals surface area contributed by atoms with E-state index in [1.54, 1.807) is 0 Å². The molecule has 0 saturated carbocycles. The summed E-state index contributed by atoms with van der Waals surface area (Å²) >= 11 is 0. The van der Waals surface area contributed by atoms with Gasteiger partial charge in [0.1, 0.15) is 35.5 Å². The van der Waals surface area contributed by atoms with E-state index in [2.05, 4.69) is 9.47 Å². The number of esters is 6. The van der Waals surface area contributed by atoms with Crippen molar-refractivity contribution in [2.45, 2.75) is 24.4 Å². The zero-order valence-electron chi connectivity index (χ0n) is 34.4. The van der Waals surface area contributed by atoms with Crippen molar-refractivity contribution in [3.63, 3.8) is 0 Å². The van der Waals surface area contributed by atoms with E-state index in [-0.39, 0.29) is 69.6 Å². The summed E-state index contributed by atoms with van der Waals surface area (Å²) in [6.07, 6.45) is -1.22. The van der Waals surface area contributed by atoms with Gasteiger partial charge in [0.15, 0.2) is 35.2 Å². The summed E-state index contributed by atoms with van der Waals surface area (Å²) in [6.45, 7) is -0.298. The number of hydrogen-bond donors (Lipinski definition) is 0. The Hall–Kier alpha value is -8.32. The molecule has 6 rings (SSSR count). The van der Waals surface area contributed by atoms with Crippen LogP contribution in [0.5, 0.6) is 23.0 Å². The lowest BCUT2D eigenvalue weighted by Gasteiger charge is -2.17. The zero-order valence-corrected chi connectivity index (χ0v) is 34.4. The molecule has 0 unspecified atom stereocenters. The second-order valence-corrected chi connectivity index (χ2v) is 13.6. The first-order chi connectivity index (χ1) is 30.9. The van der Waals surface area contributed by atoms with E-state index in [0.717, 1.165) is 0 Å². The molecule has 0 spiro atoms. The first kappa shape index (κ1) is 45.2. The van der Waals surface area contributed by atoms with E-state index in [4.69, 9.17) is 37.9 Å². The van der Waals surface area contributed by atoms with E-state index in [1.807, 2.05) is 12.1 Å². The number of rotatable bonds is 14. The lowest BCUT2D eigenvalue weighted by Crippen LogP contribution is -2.36. The Morgan fingerprint density at radius 1 is 0.516 bits per heavy atom. The van der Waals surface area contributed by atoms with Crippen molar-refractivity contribution >= 4 is 48.0 Å². The van der Waals surface area contributed by atoms with Crippen molar-refractivity contribution in [3.05, 3.63) is 129 Å². The summed E-state index contributed by atoms with van der Waals surface area (Å²) in [4.78, 5) is 75.3. The number of hydrogen-bond acceptors (Lipinski definition) is 18. The standard InChI is InChI=1S/C46H36N2O16/c1-55-35-19-25(5-15-33(35)61-43(51)29-11-7-27(8-12-29)41(49)57-3)17-31(21-47)45(53)63-37-23-59-40-38(24-60-39(37)40)64-46(54)32(22-48)18-26-6-16-34(36(20-26)56-2)62-44(52)30-13-9-28(10-14-30)42(50)58-4/h5-20,37-40H,23-24H2,1-4H3/b31-17+,32-18+/t37-,38+,39-,40-/m1/s1. The van der Waals surface area contributed by atoms with Gasteiger partial charge in [-0.15, -0.1) is 0 Å². The van der Waals surface area contributed by atoms with Crippen LogP contribution in [0.25, 0.3) is 12.2 Å². The molecule has 64 heavy (non-hydrogen) atoms. The molecular formula is C46H36N2O16. The highest BCUT2D eigenvalue weighted by atomic mass is 16.7. The molecule has 326 valence electrons. The zero-order chi connectivity index (χ0) is 45.9. The third kappa shape index (κ3) is 10.4. The first-order valence-corrected chi connectivity index (χ1v) is 19.0. The average Bonchev–Trinajstić information content (AvgIpc) is 3.92. The van der Waals surface area contributed by atoms with Crippen molar-refractivity contribution in [2.24, 2.45) is 0 Å². The number of methoxy groups -OCH3 is 4. The molecule has 4 atom stereocenters. The minimum atomic E-state index is -0.995. The van der Waals surface area contributed by atoms with Crippen LogP contribution in [0, 0.1) is 22.7 Å². The van der Waals surface area contributed by atoms with Crippen LogP contribution in [0.15, 0.2) is 96.1 Å². The molecule has 4 aromatic carbocycles. The van der Waals surface area contributed by atoms with Gasteiger partial charge in [-0.25, -0.2) is 28.8 Å². The SMILES string of the molecule is COC(=O)c1ccc(C(=O)Oc2ccc(/C=C(\C#N)C(=O)O[C@H]3CO[C@H]4[C@@H]3OC[C@H]4OC(=O)/C(C#N)=C/c3ccc(OC(=O)c4ccc(C(=O)OC)cc4)c(OC)c3)cc2OC)cc1. The summed E-state index contributed by atoms with van der Waals surface area (Å²) in [7, 11) is 5.15. The molecule has 0 aliphatic carbocycles. The Morgan fingerprint density at radius 2 is 0.859 bits per heavy atom. The van der Waals surface area contributed by atoms with E-state index in [1.165, 1.54) is 126 Å². The van der Waals surface area contributed by atoms with Gasteiger partial charge in [-0.1, -0.05) is 12.1 Å². The molecule has 18 nitrogen and oxygen atoms in total. The number of carbonyl (C=O) groups excluding carboxylic acids is 6. The summed E-state index contributed by atoms with van der Waals surface area (Å²) in [5.74, 6) is -4.29. The van der Waals surface area contributed by atoms with Crippen LogP contribution >= 0.6 is 0 Å². The fraction of sp³-hybridized carbons (Fsp3) is 0.217. The van der Waals surface area contributed by atoms with E-state index in [9.17, 15) is 39.3 Å². The second kappa shape index (κ2) is 20.5. The van der Waals surface area contributed by atoms with Crippen molar-refractivity contribution in [2.75, 3.05) is 41.7 Å². The summed E-state index contributed by atoms with van der Waals surface area (Å²) in [6, 6.07) is 23.5. The van der Waals surface area contributed by atoms with Crippen LogP contribution in [-0.4, -0.2) is 102 Å². The van der Waals surface area contributed by atoms with Gasteiger partial charge in [0.25, 0.3) is 0 Å². The Kier molecular flexibility index (Phi) is 14.5. The van der Waals surface area contributed by atoms with Gasteiger partial charge >= 0.3 is 35.8 Å². The van der Waals surface area contributed by atoms with Crippen molar-refractivity contribution in [3.8, 4) is 35.1 Å². The van der Waals surface area contributed by atoms with Gasteiger partial charge in [-0.2, -0.15) is 10.5 Å². The number of carbonyl (C=O) groups is 6. The molecule has 0 bridgehead atoms. The Morgan fingerprint density at radius 3 is 1.17 bits per heavy atom. The van der Waals surface area contributed by atoms with Crippen LogP contribution in [0.3, 0.4) is 0 Å². The number of nitrogens with zero attached hydrogens (tertiary/aromatic N) is 2. The molecule has 2 aliphatic rings. The van der Waals surface area contributed by atoms with Gasteiger partial charge in [-0.3, -0.25) is 0 Å². The normalized spacial score (nSPS) is 17.7. The topological polar surface area (TPSA) is 242 Å². The third-order valence-corrected chi connectivity index (χ3v) is 9.65. The van der Waals surface area contributed by atoms with Gasteiger partial charge < -0.3 is 47.4 Å². The highest BCUT2D eigenvalue weighted by Crippen LogP contribution is 2.34. The van der Waals surface area contributed by atoms with Crippen LogP contribution in [0.2, 0.25) is 0 Å². The lowest BCUT2D eigenvalue weighted by molar-refractivity contribution is -0.150. The molecule has 0 amide bonds. The Labute approximate surface area is 364 Å². The summed E-state index contributed by atoms with van der Waals surface area (Å²) in [5, 5.41) is 19.7. The van der Waals surface area contributed by atoms with Gasteiger partial charge in [0.2, 0.25) is 0 Å². The number of benzene rings is 4. The maximum Gasteiger partial charge on any atom is 0.349 e. The average molecular weight is 873 g/mol. The maximum absolute atomic E-state index is 13.2. The third-order valence-electron chi connectivity index (χ3n) is 9.65. The quantitative estimate of drug-likeness (QED) is 0.0540. The fourth-order valence-corrected chi connectivity index (χ4v) is 6.39.